The van der Waals surface area contributed by atoms with E-state index in [2.05, 4.69) is 26.0 Å². The Hall–Kier alpha value is -2.73. The van der Waals surface area contributed by atoms with Crippen molar-refractivity contribution in [3.8, 4) is 17.1 Å². The number of methoxy groups -OCH3 is 1. The molecule has 26 heavy (non-hydrogen) atoms. The van der Waals surface area contributed by atoms with Gasteiger partial charge in [0, 0.05) is 42.5 Å². The standard InChI is InChI=1S/C19H19ClN4O2/c1-25-17-7-5-14(6-8-17)18-21-19(26-22-18)24-11-9-23(10-12-24)16-4-2-3-15(20)13-16/h2-8,13H,9-12H2,1H3. The molecule has 0 bridgehead atoms. The van der Waals surface area contributed by atoms with E-state index in [1.54, 1.807) is 7.11 Å². The summed E-state index contributed by atoms with van der Waals surface area (Å²) in [7, 11) is 1.64. The van der Waals surface area contributed by atoms with Crippen LogP contribution in [0.4, 0.5) is 11.7 Å². The number of anilines is 2. The fraction of sp³-hybridized carbons (Fsp3) is 0.263. The molecule has 0 spiro atoms. The second kappa shape index (κ2) is 7.25. The molecule has 0 radical (unpaired) electrons. The van der Waals surface area contributed by atoms with Gasteiger partial charge in [-0.1, -0.05) is 22.8 Å². The smallest absolute Gasteiger partial charge is 0.324 e. The maximum atomic E-state index is 6.09. The number of hydrogen-bond donors (Lipinski definition) is 0. The molecule has 2 aromatic carbocycles. The van der Waals surface area contributed by atoms with Gasteiger partial charge in [-0.3, -0.25) is 0 Å². The summed E-state index contributed by atoms with van der Waals surface area (Å²) in [5.74, 6) is 1.38. The zero-order chi connectivity index (χ0) is 17.9. The summed E-state index contributed by atoms with van der Waals surface area (Å²) >= 11 is 6.09. The molecule has 6 nitrogen and oxygen atoms in total. The van der Waals surface area contributed by atoms with Gasteiger partial charge in [-0.15, -0.1) is 0 Å². The van der Waals surface area contributed by atoms with Crippen LogP contribution in [0.3, 0.4) is 0 Å². The monoisotopic (exact) mass is 370 g/mol. The Morgan fingerprint density at radius 2 is 1.73 bits per heavy atom. The van der Waals surface area contributed by atoms with Crippen LogP contribution in [0.15, 0.2) is 53.1 Å². The summed E-state index contributed by atoms with van der Waals surface area (Å²) in [5.41, 5.74) is 2.04. The molecule has 1 aliphatic heterocycles. The predicted molar refractivity (Wildman–Crippen MR) is 102 cm³/mol. The third-order valence-electron chi connectivity index (χ3n) is 4.49. The van der Waals surface area contributed by atoms with Gasteiger partial charge in [-0.05, 0) is 42.5 Å². The van der Waals surface area contributed by atoms with Crippen LogP contribution in [0.1, 0.15) is 0 Å². The Balaban J connectivity index is 1.42. The number of piperazine rings is 1. The van der Waals surface area contributed by atoms with Crippen molar-refractivity contribution >= 4 is 23.3 Å². The first-order chi connectivity index (χ1) is 12.7. The first-order valence-corrected chi connectivity index (χ1v) is 8.84. The maximum Gasteiger partial charge on any atom is 0.324 e. The number of hydrogen-bond acceptors (Lipinski definition) is 6. The summed E-state index contributed by atoms with van der Waals surface area (Å²) in [4.78, 5) is 8.96. The highest BCUT2D eigenvalue weighted by Gasteiger charge is 2.22. The van der Waals surface area contributed by atoms with Gasteiger partial charge in [0.25, 0.3) is 0 Å². The first-order valence-electron chi connectivity index (χ1n) is 8.46. The van der Waals surface area contributed by atoms with Crippen molar-refractivity contribution in [3.05, 3.63) is 53.6 Å². The molecule has 3 aromatic rings. The normalized spacial score (nSPS) is 14.5. The van der Waals surface area contributed by atoms with Gasteiger partial charge < -0.3 is 19.1 Å². The average Bonchev–Trinajstić information content (AvgIpc) is 3.18. The molecule has 0 aliphatic carbocycles. The number of nitrogens with zero attached hydrogens (tertiary/aromatic N) is 4. The summed E-state index contributed by atoms with van der Waals surface area (Å²) in [5, 5.41) is 4.86. The molecule has 134 valence electrons. The van der Waals surface area contributed by atoms with E-state index in [0.29, 0.717) is 11.8 Å². The Bertz CT molecular complexity index is 873. The molecule has 0 atom stereocenters. The van der Waals surface area contributed by atoms with Gasteiger partial charge in [0.1, 0.15) is 5.75 Å². The van der Waals surface area contributed by atoms with Crippen molar-refractivity contribution in [3.63, 3.8) is 0 Å². The summed E-state index contributed by atoms with van der Waals surface area (Å²) in [6, 6.07) is 16.1. The zero-order valence-corrected chi connectivity index (χ0v) is 15.2. The molecule has 0 amide bonds. The molecule has 1 aliphatic rings. The fourth-order valence-corrected chi connectivity index (χ4v) is 3.21. The van der Waals surface area contributed by atoms with E-state index in [4.69, 9.17) is 20.9 Å². The highest BCUT2D eigenvalue weighted by molar-refractivity contribution is 6.30. The molecule has 1 saturated heterocycles. The lowest BCUT2D eigenvalue weighted by molar-refractivity contribution is 0.409. The Labute approximate surface area is 156 Å². The lowest BCUT2D eigenvalue weighted by Crippen LogP contribution is -2.46. The molecule has 1 aromatic heterocycles. The van der Waals surface area contributed by atoms with Gasteiger partial charge in [0.2, 0.25) is 5.82 Å². The third-order valence-corrected chi connectivity index (χ3v) is 4.72. The first kappa shape index (κ1) is 16.7. The predicted octanol–water partition coefficient (Wildman–Crippen LogP) is 3.73. The minimum Gasteiger partial charge on any atom is -0.497 e. The largest absolute Gasteiger partial charge is 0.497 e. The molecular weight excluding hydrogens is 352 g/mol. The van der Waals surface area contributed by atoms with Crippen molar-refractivity contribution in [2.75, 3.05) is 43.1 Å². The molecule has 2 heterocycles. The van der Waals surface area contributed by atoms with Gasteiger partial charge in [0.15, 0.2) is 0 Å². The number of aromatic nitrogens is 2. The van der Waals surface area contributed by atoms with Crippen molar-refractivity contribution in [2.45, 2.75) is 0 Å². The van der Waals surface area contributed by atoms with Gasteiger partial charge in [-0.25, -0.2) is 0 Å². The highest BCUT2D eigenvalue weighted by Crippen LogP contribution is 2.25. The zero-order valence-electron chi connectivity index (χ0n) is 14.4. The van der Waals surface area contributed by atoms with Crippen LogP contribution in [0.2, 0.25) is 5.02 Å². The maximum absolute atomic E-state index is 6.09. The fourth-order valence-electron chi connectivity index (χ4n) is 3.03. The molecule has 4 rings (SSSR count). The topological polar surface area (TPSA) is 54.6 Å². The Kier molecular flexibility index (Phi) is 4.67. The molecule has 0 N–H and O–H groups in total. The summed E-state index contributed by atoms with van der Waals surface area (Å²) in [6.45, 7) is 3.38. The van der Waals surface area contributed by atoms with Gasteiger partial charge in [0.05, 0.1) is 7.11 Å². The van der Waals surface area contributed by atoms with Crippen molar-refractivity contribution in [1.82, 2.24) is 10.1 Å². The lowest BCUT2D eigenvalue weighted by atomic mass is 10.2. The number of rotatable bonds is 4. The molecule has 0 saturated carbocycles. The second-order valence-corrected chi connectivity index (χ2v) is 6.52. The number of ether oxygens (including phenoxy) is 1. The minimum atomic E-state index is 0.557. The van der Waals surface area contributed by atoms with Crippen LogP contribution in [0.5, 0.6) is 5.75 Å². The number of halogens is 1. The third kappa shape index (κ3) is 3.46. The summed E-state index contributed by atoms with van der Waals surface area (Å²) in [6.07, 6.45) is 0. The van der Waals surface area contributed by atoms with Crippen LogP contribution in [0, 0.1) is 0 Å². The van der Waals surface area contributed by atoms with Crippen LogP contribution < -0.4 is 14.5 Å². The summed E-state index contributed by atoms with van der Waals surface area (Å²) < 4.78 is 10.6. The van der Waals surface area contributed by atoms with Crippen molar-refractivity contribution in [1.29, 1.82) is 0 Å². The van der Waals surface area contributed by atoms with Crippen LogP contribution in [-0.4, -0.2) is 43.4 Å². The Morgan fingerprint density at radius 1 is 1.00 bits per heavy atom. The van der Waals surface area contributed by atoms with E-state index in [9.17, 15) is 0 Å². The van der Waals surface area contributed by atoms with E-state index < -0.39 is 0 Å². The average molecular weight is 371 g/mol. The quantitative estimate of drug-likeness (QED) is 0.697. The Morgan fingerprint density at radius 3 is 2.42 bits per heavy atom. The highest BCUT2D eigenvalue weighted by atomic mass is 35.5. The van der Waals surface area contributed by atoms with Crippen molar-refractivity contribution < 1.29 is 9.26 Å². The van der Waals surface area contributed by atoms with E-state index in [1.165, 1.54) is 0 Å². The van der Waals surface area contributed by atoms with Crippen LogP contribution in [0.25, 0.3) is 11.4 Å². The molecule has 0 unspecified atom stereocenters. The number of benzene rings is 2. The van der Waals surface area contributed by atoms with Gasteiger partial charge >= 0.3 is 6.01 Å². The van der Waals surface area contributed by atoms with E-state index >= 15 is 0 Å². The SMILES string of the molecule is COc1ccc(-c2noc(N3CCN(c4cccc(Cl)c4)CC3)n2)cc1. The second-order valence-electron chi connectivity index (χ2n) is 6.08. The van der Waals surface area contributed by atoms with E-state index in [-0.39, 0.29) is 0 Å². The lowest BCUT2D eigenvalue weighted by Gasteiger charge is -2.35. The van der Waals surface area contributed by atoms with E-state index in [1.807, 2.05) is 42.5 Å². The van der Waals surface area contributed by atoms with Crippen molar-refractivity contribution in [2.24, 2.45) is 0 Å². The molecular formula is C19H19ClN4O2. The van der Waals surface area contributed by atoms with Gasteiger partial charge in [-0.2, -0.15) is 4.98 Å². The minimum absolute atomic E-state index is 0.557. The molecule has 1 fully saturated rings. The molecule has 7 heteroatoms. The van der Waals surface area contributed by atoms with E-state index in [0.717, 1.165) is 48.2 Å². The van der Waals surface area contributed by atoms with Crippen LogP contribution in [-0.2, 0) is 0 Å². The van der Waals surface area contributed by atoms with Crippen LogP contribution >= 0.6 is 11.6 Å².